The molecule has 0 radical (unpaired) electrons. The number of piperazine rings is 1. The molecule has 2 N–H and O–H groups in total. The second kappa shape index (κ2) is 14.8. The van der Waals surface area contributed by atoms with E-state index in [1.165, 1.54) is 15.9 Å². The summed E-state index contributed by atoms with van der Waals surface area (Å²) in [6.45, 7) is 3.14. The van der Waals surface area contributed by atoms with Crippen LogP contribution < -0.4 is 10.1 Å². The van der Waals surface area contributed by atoms with E-state index in [1.54, 1.807) is 48.4 Å². The number of hydrogen-bond donors (Lipinski definition) is 2. The van der Waals surface area contributed by atoms with Crippen LogP contribution in [-0.4, -0.2) is 107 Å². The number of likely N-dealkylation sites (tertiary alicyclic amines) is 1. The van der Waals surface area contributed by atoms with Crippen molar-refractivity contribution in [2.24, 2.45) is 0 Å². The number of carboxylic acid groups (broad SMARTS) is 1. The fraction of sp³-hybridized carbons (Fsp3) is 0.438. The monoisotopic (exact) mass is 635 g/mol. The first-order valence-corrected chi connectivity index (χ1v) is 15.3. The molecule has 2 aliphatic rings. The Bertz CT molecular complexity index is 1570. The summed E-state index contributed by atoms with van der Waals surface area (Å²) < 4.78 is 16.5. The van der Waals surface area contributed by atoms with Crippen LogP contribution in [0, 0.1) is 0 Å². The third-order valence-electron chi connectivity index (χ3n) is 8.07. The van der Waals surface area contributed by atoms with Crippen molar-refractivity contribution in [3.8, 4) is 5.75 Å². The van der Waals surface area contributed by atoms with E-state index in [-0.39, 0.29) is 75.6 Å². The van der Waals surface area contributed by atoms with Crippen molar-refractivity contribution in [1.29, 1.82) is 0 Å². The number of hydrogen-bond acceptors (Lipinski definition) is 9. The van der Waals surface area contributed by atoms with E-state index >= 15 is 0 Å². The summed E-state index contributed by atoms with van der Waals surface area (Å²) in [5.74, 6) is -1.52. The van der Waals surface area contributed by atoms with Crippen molar-refractivity contribution < 1.29 is 43.0 Å². The summed E-state index contributed by atoms with van der Waals surface area (Å²) in [6.07, 6.45) is 2.24. The van der Waals surface area contributed by atoms with Crippen LogP contribution in [0.3, 0.4) is 0 Å². The molecule has 3 aromatic rings. The Balaban J connectivity index is 1.29. The number of carbonyl (C=O) groups excluding carboxylic acids is 4. The van der Waals surface area contributed by atoms with Gasteiger partial charge in [0.25, 0.3) is 11.8 Å². The molecule has 0 saturated carbocycles. The molecule has 2 atom stereocenters. The predicted octanol–water partition coefficient (Wildman–Crippen LogP) is 2.83. The van der Waals surface area contributed by atoms with Crippen molar-refractivity contribution in [1.82, 2.24) is 25.0 Å². The van der Waals surface area contributed by atoms with Gasteiger partial charge in [-0.25, -0.2) is 9.78 Å². The second-order valence-corrected chi connectivity index (χ2v) is 11.0. The molecule has 244 valence electrons. The number of pyridine rings is 1. The van der Waals surface area contributed by atoms with Crippen LogP contribution in [0.2, 0.25) is 0 Å². The molecular formula is C32H37N5O9. The highest BCUT2D eigenvalue weighted by molar-refractivity contribution is 5.99. The number of amides is 4. The fourth-order valence-corrected chi connectivity index (χ4v) is 5.75. The fourth-order valence-electron chi connectivity index (χ4n) is 5.75. The Morgan fingerprint density at radius 1 is 1.04 bits per heavy atom. The maximum absolute atomic E-state index is 13.5. The van der Waals surface area contributed by atoms with E-state index < -0.39 is 29.9 Å². The number of nitrogens with one attached hydrogen (secondary N) is 1. The van der Waals surface area contributed by atoms with Gasteiger partial charge in [-0.1, -0.05) is 12.1 Å². The number of carbonyl (C=O) groups is 5. The number of aromatic nitrogens is 1. The molecule has 2 aromatic heterocycles. The van der Waals surface area contributed by atoms with Gasteiger partial charge in [-0.05, 0) is 50.5 Å². The molecule has 5 rings (SSSR count). The van der Waals surface area contributed by atoms with Crippen LogP contribution in [-0.2, 0) is 19.1 Å². The lowest BCUT2D eigenvalue weighted by Gasteiger charge is -2.35. The molecule has 2 saturated heterocycles. The normalized spacial score (nSPS) is 17.1. The lowest BCUT2D eigenvalue weighted by Crippen LogP contribution is -2.56. The average Bonchev–Trinajstić information content (AvgIpc) is 3.78. The van der Waals surface area contributed by atoms with E-state index in [0.717, 1.165) is 12.8 Å². The minimum atomic E-state index is -1.15. The number of fused-ring (bicyclic) bond motifs is 1. The molecule has 14 heteroatoms. The number of nitrogens with zero attached hydrogens (tertiary/aromatic N) is 4. The molecule has 0 spiro atoms. The van der Waals surface area contributed by atoms with Gasteiger partial charge in [0, 0.05) is 50.6 Å². The van der Waals surface area contributed by atoms with Gasteiger partial charge < -0.3 is 39.0 Å². The Kier molecular flexibility index (Phi) is 10.4. The smallest absolute Gasteiger partial charge is 0.409 e. The summed E-state index contributed by atoms with van der Waals surface area (Å²) in [7, 11) is 0. The Hall–Kier alpha value is -5.14. The van der Waals surface area contributed by atoms with Crippen molar-refractivity contribution in [3.63, 3.8) is 0 Å². The molecular weight excluding hydrogens is 598 g/mol. The molecule has 2 fully saturated rings. The molecule has 14 nitrogen and oxygen atoms in total. The van der Waals surface area contributed by atoms with Crippen LogP contribution in [0.25, 0.3) is 10.9 Å². The number of furan rings is 1. The third-order valence-corrected chi connectivity index (χ3v) is 8.07. The highest BCUT2D eigenvalue weighted by atomic mass is 16.6. The van der Waals surface area contributed by atoms with Crippen molar-refractivity contribution >= 4 is 40.7 Å². The van der Waals surface area contributed by atoms with E-state index in [0.29, 0.717) is 23.2 Å². The van der Waals surface area contributed by atoms with Crippen LogP contribution >= 0.6 is 0 Å². The maximum Gasteiger partial charge on any atom is 0.409 e. The number of para-hydroxylation sites is 1. The van der Waals surface area contributed by atoms with Crippen LogP contribution in [0.5, 0.6) is 5.75 Å². The number of carboxylic acids is 1. The zero-order chi connectivity index (χ0) is 32.6. The SMILES string of the molecule is CCOC(=O)N1CCN(C(=O)C(CCC(=O)O)NC(=O)c2cc(OCC(=O)N3CCCC3c3ccco3)c3ccccc3n2)CC1. The zero-order valence-electron chi connectivity index (χ0n) is 25.6. The molecule has 0 bridgehead atoms. The minimum Gasteiger partial charge on any atom is -0.483 e. The van der Waals surface area contributed by atoms with E-state index in [9.17, 15) is 29.1 Å². The summed E-state index contributed by atoms with van der Waals surface area (Å²) in [4.78, 5) is 72.8. The molecule has 0 aliphatic carbocycles. The topological polar surface area (TPSA) is 172 Å². The first-order valence-electron chi connectivity index (χ1n) is 15.3. The minimum absolute atomic E-state index is 0.0592. The van der Waals surface area contributed by atoms with Crippen LogP contribution in [0.15, 0.2) is 53.1 Å². The van der Waals surface area contributed by atoms with Crippen LogP contribution in [0.4, 0.5) is 4.79 Å². The van der Waals surface area contributed by atoms with Crippen molar-refractivity contribution in [2.45, 2.75) is 44.7 Å². The molecule has 4 heterocycles. The summed E-state index contributed by atoms with van der Waals surface area (Å²) in [5, 5.41) is 12.6. The Morgan fingerprint density at radius 2 is 1.80 bits per heavy atom. The third kappa shape index (κ3) is 7.56. The van der Waals surface area contributed by atoms with E-state index in [2.05, 4.69) is 10.3 Å². The second-order valence-electron chi connectivity index (χ2n) is 11.0. The van der Waals surface area contributed by atoms with E-state index in [1.807, 2.05) is 6.07 Å². The summed E-state index contributed by atoms with van der Waals surface area (Å²) in [6, 6.07) is 10.7. The van der Waals surface area contributed by atoms with Gasteiger partial charge in [0.15, 0.2) is 6.61 Å². The van der Waals surface area contributed by atoms with Crippen molar-refractivity contribution in [2.75, 3.05) is 45.9 Å². The molecule has 4 amide bonds. The van der Waals surface area contributed by atoms with Gasteiger partial charge in [-0.15, -0.1) is 0 Å². The zero-order valence-corrected chi connectivity index (χ0v) is 25.6. The van der Waals surface area contributed by atoms with Gasteiger partial charge in [0.1, 0.15) is 23.2 Å². The lowest BCUT2D eigenvalue weighted by atomic mass is 10.1. The molecule has 2 unspecified atom stereocenters. The largest absolute Gasteiger partial charge is 0.483 e. The quantitative estimate of drug-likeness (QED) is 0.319. The first-order chi connectivity index (χ1) is 22.2. The van der Waals surface area contributed by atoms with Crippen molar-refractivity contribution in [3.05, 3.63) is 60.2 Å². The Labute approximate surface area is 265 Å². The van der Waals surface area contributed by atoms with Gasteiger partial charge >= 0.3 is 12.1 Å². The van der Waals surface area contributed by atoms with Gasteiger partial charge in [-0.2, -0.15) is 0 Å². The molecule has 46 heavy (non-hydrogen) atoms. The number of rotatable bonds is 11. The molecule has 1 aromatic carbocycles. The summed E-state index contributed by atoms with van der Waals surface area (Å²) >= 11 is 0. The maximum atomic E-state index is 13.5. The highest BCUT2D eigenvalue weighted by Crippen LogP contribution is 2.32. The van der Waals surface area contributed by atoms with Crippen LogP contribution in [0.1, 0.15) is 54.9 Å². The lowest BCUT2D eigenvalue weighted by molar-refractivity contribution is -0.138. The average molecular weight is 636 g/mol. The van der Waals surface area contributed by atoms with Gasteiger partial charge in [0.05, 0.1) is 24.4 Å². The highest BCUT2D eigenvalue weighted by Gasteiger charge is 2.33. The van der Waals surface area contributed by atoms with Gasteiger partial charge in [-0.3, -0.25) is 19.2 Å². The predicted molar refractivity (Wildman–Crippen MR) is 163 cm³/mol. The number of ether oxygens (including phenoxy) is 2. The summed E-state index contributed by atoms with van der Waals surface area (Å²) in [5.41, 5.74) is 0.381. The van der Waals surface area contributed by atoms with Gasteiger partial charge in [0.2, 0.25) is 5.91 Å². The van der Waals surface area contributed by atoms with E-state index in [4.69, 9.17) is 13.9 Å². The molecule has 2 aliphatic heterocycles. The number of benzene rings is 1. The standard InChI is InChI=1S/C32H37N5O9/c1-2-44-32(43)36-16-14-35(15-17-36)31(42)23(11-12-29(39)40)34-30(41)24-19-27(21-7-3-4-8-22(21)33-24)46-20-28(38)37-13-5-9-25(37)26-10-6-18-45-26/h3-4,6-8,10,18-19,23,25H,2,5,9,11-17,20H2,1H3,(H,34,41)(H,39,40). The first kappa shape index (κ1) is 32.3. The Morgan fingerprint density at radius 3 is 2.52 bits per heavy atom. The number of aliphatic carboxylic acids is 1.